The van der Waals surface area contributed by atoms with Crippen molar-refractivity contribution < 1.29 is 9.18 Å². The summed E-state index contributed by atoms with van der Waals surface area (Å²) in [5.74, 6) is -0.372. The van der Waals surface area contributed by atoms with Gasteiger partial charge in [-0.05, 0) is 48.7 Å². The van der Waals surface area contributed by atoms with Gasteiger partial charge in [-0.1, -0.05) is 36.4 Å². The molecule has 0 aliphatic heterocycles. The topological polar surface area (TPSA) is 46.9 Å². The van der Waals surface area contributed by atoms with Gasteiger partial charge in [0.2, 0.25) is 0 Å². The first-order chi connectivity index (χ1) is 14.1. The number of amides is 1. The van der Waals surface area contributed by atoms with E-state index in [9.17, 15) is 9.18 Å². The molecule has 2 heterocycles. The number of fused-ring (bicyclic) bond motifs is 1. The summed E-state index contributed by atoms with van der Waals surface area (Å²) in [7, 11) is 0. The summed E-state index contributed by atoms with van der Waals surface area (Å²) in [5.41, 5.74) is 4.53. The predicted octanol–water partition coefficient (Wildman–Crippen LogP) is 4.50. The highest BCUT2D eigenvalue weighted by Crippen LogP contribution is 2.22. The number of aryl methyl sites for hydroxylation is 1. The van der Waals surface area contributed by atoms with Gasteiger partial charge >= 0.3 is 0 Å². The van der Waals surface area contributed by atoms with E-state index in [0.29, 0.717) is 18.7 Å². The largest absolute Gasteiger partial charge is 0.352 e. The van der Waals surface area contributed by atoms with Crippen molar-refractivity contribution in [1.29, 1.82) is 0 Å². The molecule has 0 aliphatic rings. The molecule has 2 aromatic heterocycles. The van der Waals surface area contributed by atoms with Crippen LogP contribution in [-0.4, -0.2) is 22.0 Å². The van der Waals surface area contributed by atoms with Crippen LogP contribution in [0.1, 0.15) is 27.2 Å². The molecular weight excluding hydrogens is 365 g/mol. The molecule has 5 heteroatoms. The number of rotatable bonds is 6. The van der Waals surface area contributed by atoms with Crippen LogP contribution >= 0.6 is 0 Å². The van der Waals surface area contributed by atoms with Gasteiger partial charge in [0.25, 0.3) is 5.91 Å². The van der Waals surface area contributed by atoms with E-state index >= 15 is 0 Å². The van der Waals surface area contributed by atoms with Gasteiger partial charge in [-0.25, -0.2) is 4.39 Å². The van der Waals surface area contributed by atoms with Crippen molar-refractivity contribution in [2.75, 3.05) is 6.54 Å². The molecule has 4 aromatic rings. The smallest absolute Gasteiger partial charge is 0.253 e. The predicted molar refractivity (Wildman–Crippen MR) is 112 cm³/mol. The van der Waals surface area contributed by atoms with Crippen molar-refractivity contribution in [3.63, 3.8) is 0 Å². The monoisotopic (exact) mass is 387 g/mol. The SMILES string of the molecule is Cc1ncccc1CCNC(=O)c1cn(Cc2cccc(F)c2)c2ccccc12. The molecule has 0 bridgehead atoms. The van der Waals surface area contributed by atoms with Crippen molar-refractivity contribution >= 4 is 16.8 Å². The minimum atomic E-state index is -0.261. The van der Waals surface area contributed by atoms with Crippen LogP contribution in [0.15, 0.2) is 73.1 Å². The number of nitrogens with zero attached hydrogens (tertiary/aromatic N) is 2. The number of nitrogens with one attached hydrogen (secondary N) is 1. The normalized spacial score (nSPS) is 11.0. The van der Waals surface area contributed by atoms with Crippen molar-refractivity contribution in [3.8, 4) is 0 Å². The van der Waals surface area contributed by atoms with E-state index in [1.54, 1.807) is 12.3 Å². The molecule has 4 rings (SSSR count). The van der Waals surface area contributed by atoms with Gasteiger partial charge in [-0.3, -0.25) is 9.78 Å². The van der Waals surface area contributed by atoms with Crippen LogP contribution in [-0.2, 0) is 13.0 Å². The molecule has 0 saturated carbocycles. The second-order valence-electron chi connectivity index (χ2n) is 7.07. The lowest BCUT2D eigenvalue weighted by molar-refractivity contribution is 0.0955. The molecule has 2 aromatic carbocycles. The highest BCUT2D eigenvalue weighted by molar-refractivity contribution is 6.07. The molecule has 0 fully saturated rings. The average Bonchev–Trinajstić information content (AvgIpc) is 3.08. The molecule has 0 spiro atoms. The summed E-state index contributed by atoms with van der Waals surface area (Å²) in [5, 5.41) is 3.90. The van der Waals surface area contributed by atoms with Crippen LogP contribution in [0.3, 0.4) is 0 Å². The molecule has 0 radical (unpaired) electrons. The number of benzene rings is 2. The minimum absolute atomic E-state index is 0.110. The Morgan fingerprint density at radius 2 is 1.97 bits per heavy atom. The Labute approximate surface area is 169 Å². The van der Waals surface area contributed by atoms with E-state index in [2.05, 4.69) is 10.3 Å². The Hall–Kier alpha value is -3.47. The zero-order chi connectivity index (χ0) is 20.2. The lowest BCUT2D eigenvalue weighted by atomic mass is 10.1. The maximum Gasteiger partial charge on any atom is 0.253 e. The Morgan fingerprint density at radius 3 is 2.79 bits per heavy atom. The number of carbonyl (C=O) groups is 1. The van der Waals surface area contributed by atoms with Gasteiger partial charge in [0, 0.05) is 42.1 Å². The molecule has 146 valence electrons. The summed E-state index contributed by atoms with van der Waals surface area (Å²) in [6.45, 7) is 3.01. The highest BCUT2D eigenvalue weighted by Gasteiger charge is 2.15. The molecule has 1 amide bonds. The lowest BCUT2D eigenvalue weighted by Crippen LogP contribution is -2.25. The van der Waals surface area contributed by atoms with E-state index in [4.69, 9.17) is 0 Å². The maximum atomic E-state index is 13.5. The molecular formula is C24H22FN3O. The van der Waals surface area contributed by atoms with Crippen LogP contribution in [0.4, 0.5) is 4.39 Å². The number of halogens is 1. The second-order valence-corrected chi connectivity index (χ2v) is 7.07. The molecule has 1 N–H and O–H groups in total. The molecule has 0 aliphatic carbocycles. The second kappa shape index (κ2) is 8.27. The van der Waals surface area contributed by atoms with E-state index in [0.717, 1.165) is 34.1 Å². The van der Waals surface area contributed by atoms with E-state index in [1.165, 1.54) is 12.1 Å². The van der Waals surface area contributed by atoms with Crippen LogP contribution in [0.2, 0.25) is 0 Å². The summed E-state index contributed by atoms with van der Waals surface area (Å²) < 4.78 is 15.5. The third-order valence-electron chi connectivity index (χ3n) is 5.07. The van der Waals surface area contributed by atoms with Gasteiger partial charge in [-0.2, -0.15) is 0 Å². The number of pyridine rings is 1. The Bertz CT molecular complexity index is 1170. The minimum Gasteiger partial charge on any atom is -0.352 e. The van der Waals surface area contributed by atoms with Crippen molar-refractivity contribution in [2.24, 2.45) is 0 Å². The van der Waals surface area contributed by atoms with Crippen LogP contribution in [0.25, 0.3) is 10.9 Å². The summed E-state index contributed by atoms with van der Waals surface area (Å²) in [6, 6.07) is 18.2. The van der Waals surface area contributed by atoms with Crippen LogP contribution < -0.4 is 5.32 Å². The van der Waals surface area contributed by atoms with Gasteiger partial charge in [-0.15, -0.1) is 0 Å². The summed E-state index contributed by atoms with van der Waals surface area (Å²) in [4.78, 5) is 17.1. The third kappa shape index (κ3) is 4.19. The molecule has 29 heavy (non-hydrogen) atoms. The molecule has 0 atom stereocenters. The average molecular weight is 387 g/mol. The molecule has 0 unspecified atom stereocenters. The zero-order valence-corrected chi connectivity index (χ0v) is 16.2. The first-order valence-electron chi connectivity index (χ1n) is 9.63. The Balaban J connectivity index is 1.54. The Morgan fingerprint density at radius 1 is 1.10 bits per heavy atom. The zero-order valence-electron chi connectivity index (χ0n) is 16.2. The van der Waals surface area contributed by atoms with Crippen molar-refractivity contribution in [3.05, 3.63) is 101 Å². The van der Waals surface area contributed by atoms with Crippen molar-refractivity contribution in [2.45, 2.75) is 19.9 Å². The fraction of sp³-hybridized carbons (Fsp3) is 0.167. The summed E-state index contributed by atoms with van der Waals surface area (Å²) in [6.07, 6.45) is 4.35. The first-order valence-corrected chi connectivity index (χ1v) is 9.63. The maximum absolute atomic E-state index is 13.5. The number of para-hydroxylation sites is 1. The molecule has 4 nitrogen and oxygen atoms in total. The van der Waals surface area contributed by atoms with E-state index < -0.39 is 0 Å². The van der Waals surface area contributed by atoms with Gasteiger partial charge < -0.3 is 9.88 Å². The first kappa shape index (κ1) is 18.9. The number of hydrogen-bond donors (Lipinski definition) is 1. The number of hydrogen-bond acceptors (Lipinski definition) is 2. The highest BCUT2D eigenvalue weighted by atomic mass is 19.1. The van der Waals surface area contributed by atoms with Gasteiger partial charge in [0.05, 0.1) is 5.56 Å². The standard InChI is InChI=1S/C24H22FN3O/c1-17-19(7-5-12-26-17)11-13-27-24(29)22-16-28(23-10-3-2-9-21(22)23)15-18-6-4-8-20(25)14-18/h2-10,12,14,16H,11,13,15H2,1H3,(H,27,29). The van der Waals surface area contributed by atoms with E-state index in [1.807, 2.05) is 60.2 Å². The van der Waals surface area contributed by atoms with Crippen LogP contribution in [0, 0.1) is 12.7 Å². The van der Waals surface area contributed by atoms with Gasteiger partial charge in [0.1, 0.15) is 5.82 Å². The fourth-order valence-electron chi connectivity index (χ4n) is 3.58. The fourth-order valence-corrected chi connectivity index (χ4v) is 3.58. The number of carbonyl (C=O) groups excluding carboxylic acids is 1. The quantitative estimate of drug-likeness (QED) is 0.529. The molecule has 0 saturated heterocycles. The lowest BCUT2D eigenvalue weighted by Gasteiger charge is -2.06. The summed E-state index contributed by atoms with van der Waals surface area (Å²) >= 11 is 0. The Kier molecular flexibility index (Phi) is 5.38. The van der Waals surface area contributed by atoms with E-state index in [-0.39, 0.29) is 11.7 Å². The van der Waals surface area contributed by atoms with Crippen molar-refractivity contribution in [1.82, 2.24) is 14.9 Å². The van der Waals surface area contributed by atoms with Crippen LogP contribution in [0.5, 0.6) is 0 Å². The third-order valence-corrected chi connectivity index (χ3v) is 5.07. The number of aromatic nitrogens is 2. The van der Waals surface area contributed by atoms with Gasteiger partial charge in [0.15, 0.2) is 0 Å².